The van der Waals surface area contributed by atoms with E-state index in [0.29, 0.717) is 22.4 Å². The van der Waals surface area contributed by atoms with Crippen LogP contribution in [0.25, 0.3) is 0 Å². The van der Waals surface area contributed by atoms with Crippen LogP contribution in [0.2, 0.25) is 0 Å². The van der Waals surface area contributed by atoms with Gasteiger partial charge in [0.1, 0.15) is 6.61 Å². The van der Waals surface area contributed by atoms with Crippen LogP contribution in [0.15, 0.2) is 30.3 Å². The van der Waals surface area contributed by atoms with Crippen molar-refractivity contribution in [2.75, 3.05) is 13.2 Å². The zero-order valence-electron chi connectivity index (χ0n) is 11.7. The number of halogens is 1. The second kappa shape index (κ2) is 5.43. The lowest BCUT2D eigenvalue weighted by atomic mass is 9.73. The highest BCUT2D eigenvalue weighted by molar-refractivity contribution is 14.1. The Kier molecular flexibility index (Phi) is 3.57. The fraction of sp³-hybridized carbons (Fsp3) is 0.562. The minimum atomic E-state index is -0.183. The number of carbonyl (C=O) groups is 1. The Balaban J connectivity index is 1.44. The van der Waals surface area contributed by atoms with Crippen LogP contribution >= 0.6 is 22.6 Å². The topological polar surface area (TPSA) is 38.8 Å². The smallest absolute Gasteiger partial charge is 0.410 e. The number of piperidine rings is 2. The number of nitrogens with zero attached hydrogens (tertiary/aromatic N) is 1. The van der Waals surface area contributed by atoms with E-state index in [9.17, 15) is 4.79 Å². The lowest BCUT2D eigenvalue weighted by Crippen LogP contribution is -2.63. The molecule has 3 aliphatic heterocycles. The third-order valence-corrected chi connectivity index (χ3v) is 6.65. The molecule has 3 heterocycles. The first kappa shape index (κ1) is 13.8. The predicted octanol–water partition coefficient (Wildman–Crippen LogP) is 2.85. The largest absolute Gasteiger partial charge is 0.445 e. The number of amides is 1. The van der Waals surface area contributed by atoms with Gasteiger partial charge in [-0.25, -0.2) is 4.79 Å². The number of ether oxygens (including phenoxy) is 2. The van der Waals surface area contributed by atoms with Crippen LogP contribution < -0.4 is 0 Å². The van der Waals surface area contributed by atoms with E-state index in [1.165, 1.54) is 6.42 Å². The molecule has 0 spiro atoms. The Morgan fingerprint density at radius 1 is 1.33 bits per heavy atom. The quantitative estimate of drug-likeness (QED) is 0.567. The Morgan fingerprint density at radius 2 is 2.14 bits per heavy atom. The number of hydrogen-bond donors (Lipinski definition) is 0. The Hall–Kier alpha value is -0.820. The molecule has 1 saturated carbocycles. The number of benzene rings is 1. The molecule has 4 aliphatic rings. The summed E-state index contributed by atoms with van der Waals surface area (Å²) in [5, 5.41) is 0. The molecule has 0 aromatic heterocycles. The van der Waals surface area contributed by atoms with Crippen LogP contribution in [0.5, 0.6) is 0 Å². The first-order chi connectivity index (χ1) is 10.2. The second-order valence-electron chi connectivity index (χ2n) is 6.18. The first-order valence-corrected chi connectivity index (χ1v) is 8.71. The van der Waals surface area contributed by atoms with Crippen molar-refractivity contribution in [2.24, 2.45) is 11.8 Å². The third-order valence-electron chi connectivity index (χ3n) is 4.92. The highest BCUT2D eigenvalue weighted by Crippen LogP contribution is 2.48. The zero-order valence-corrected chi connectivity index (χ0v) is 13.8. The van der Waals surface area contributed by atoms with Crippen molar-refractivity contribution in [2.45, 2.75) is 29.1 Å². The van der Waals surface area contributed by atoms with Gasteiger partial charge in [-0.3, -0.25) is 0 Å². The Labute approximate surface area is 137 Å². The fourth-order valence-corrected chi connectivity index (χ4v) is 5.11. The van der Waals surface area contributed by atoms with E-state index in [1.807, 2.05) is 35.2 Å². The maximum absolute atomic E-state index is 12.4. The molecule has 0 radical (unpaired) electrons. The van der Waals surface area contributed by atoms with Crippen molar-refractivity contribution >= 4 is 28.7 Å². The molecular weight excluding hydrogens is 381 g/mol. The van der Waals surface area contributed by atoms with Gasteiger partial charge in [-0.2, -0.15) is 0 Å². The van der Waals surface area contributed by atoms with Crippen LogP contribution in [0, 0.1) is 11.8 Å². The van der Waals surface area contributed by atoms with Gasteiger partial charge in [-0.1, -0.05) is 52.9 Å². The molecule has 1 aromatic carbocycles. The van der Waals surface area contributed by atoms with Gasteiger partial charge in [0.05, 0.1) is 18.8 Å². The lowest BCUT2D eigenvalue weighted by Gasteiger charge is -2.50. The van der Waals surface area contributed by atoms with Crippen molar-refractivity contribution < 1.29 is 14.3 Å². The van der Waals surface area contributed by atoms with Crippen molar-refractivity contribution in [3.05, 3.63) is 35.9 Å². The van der Waals surface area contributed by atoms with Gasteiger partial charge in [0.25, 0.3) is 0 Å². The molecular formula is C16H18INO3. The van der Waals surface area contributed by atoms with Gasteiger partial charge in [0.2, 0.25) is 0 Å². The zero-order chi connectivity index (χ0) is 14.4. The number of fused-ring (bicyclic) bond motifs is 1. The number of rotatable bonds is 2. The highest BCUT2D eigenvalue weighted by atomic mass is 127. The molecule has 1 aromatic rings. The molecule has 3 saturated heterocycles. The summed E-state index contributed by atoms with van der Waals surface area (Å²) in [6, 6.07) is 10.1. The van der Waals surface area contributed by atoms with E-state index in [4.69, 9.17) is 9.47 Å². The van der Waals surface area contributed by atoms with E-state index in [1.54, 1.807) is 0 Å². The monoisotopic (exact) mass is 399 g/mol. The van der Waals surface area contributed by atoms with Gasteiger partial charge >= 0.3 is 6.09 Å². The summed E-state index contributed by atoms with van der Waals surface area (Å²) in [6.07, 6.45) is 1.21. The average Bonchev–Trinajstić information content (AvgIpc) is 2.90. The van der Waals surface area contributed by atoms with E-state index >= 15 is 0 Å². The lowest BCUT2D eigenvalue weighted by molar-refractivity contribution is -0.0181. The normalized spacial score (nSPS) is 36.8. The van der Waals surface area contributed by atoms with Gasteiger partial charge in [0, 0.05) is 16.4 Å². The number of alkyl halides is 1. The summed E-state index contributed by atoms with van der Waals surface area (Å²) in [5.41, 5.74) is 1.03. The molecule has 1 aliphatic carbocycles. The van der Waals surface area contributed by atoms with Crippen LogP contribution in [-0.4, -0.2) is 40.2 Å². The molecule has 21 heavy (non-hydrogen) atoms. The number of carbonyl (C=O) groups excluding carboxylic acids is 1. The standard InChI is InChI=1S/C16H18INO3/c17-13-11-6-12-9-20-15(13)14(12)18(7-11)16(19)21-8-10-4-2-1-3-5-10/h1-5,11-15H,6-9H2/t11-,12-,13+,14+,15-/m0/s1. The summed E-state index contributed by atoms with van der Waals surface area (Å²) in [7, 11) is 0. The van der Waals surface area contributed by atoms with Crippen LogP contribution in [-0.2, 0) is 16.1 Å². The molecule has 0 unspecified atom stereocenters. The summed E-state index contributed by atoms with van der Waals surface area (Å²) in [6.45, 7) is 1.97. The second-order valence-corrected chi connectivity index (χ2v) is 7.62. The minimum Gasteiger partial charge on any atom is -0.445 e. The van der Waals surface area contributed by atoms with Gasteiger partial charge in [-0.15, -0.1) is 0 Å². The van der Waals surface area contributed by atoms with Gasteiger partial charge in [0.15, 0.2) is 0 Å². The first-order valence-electron chi connectivity index (χ1n) is 7.47. The van der Waals surface area contributed by atoms with Gasteiger partial charge in [-0.05, 0) is 17.9 Å². The molecule has 1 amide bonds. The van der Waals surface area contributed by atoms with Gasteiger partial charge < -0.3 is 14.4 Å². The number of hydrogen-bond acceptors (Lipinski definition) is 3. The fourth-order valence-electron chi connectivity index (χ4n) is 3.95. The molecule has 5 atom stereocenters. The molecule has 4 nitrogen and oxygen atoms in total. The van der Waals surface area contributed by atoms with Crippen LogP contribution in [0.1, 0.15) is 12.0 Å². The van der Waals surface area contributed by atoms with Crippen molar-refractivity contribution in [1.29, 1.82) is 0 Å². The predicted molar refractivity (Wildman–Crippen MR) is 86.3 cm³/mol. The molecule has 4 fully saturated rings. The van der Waals surface area contributed by atoms with E-state index in [-0.39, 0.29) is 18.2 Å². The maximum Gasteiger partial charge on any atom is 0.410 e. The molecule has 112 valence electrons. The summed E-state index contributed by atoms with van der Waals surface area (Å²) >= 11 is 2.50. The van der Waals surface area contributed by atoms with Crippen molar-refractivity contribution in [3.63, 3.8) is 0 Å². The van der Waals surface area contributed by atoms with E-state index in [2.05, 4.69) is 22.6 Å². The summed E-state index contributed by atoms with van der Waals surface area (Å²) < 4.78 is 12.0. The molecule has 0 N–H and O–H groups in total. The SMILES string of the molecule is O=C(OCc1ccccc1)N1C[C@@H]2C[C@H]3CO[C@@H]([C@@H]2I)[C@@H]31. The van der Waals surface area contributed by atoms with Crippen molar-refractivity contribution in [3.8, 4) is 0 Å². The van der Waals surface area contributed by atoms with Crippen LogP contribution in [0.3, 0.4) is 0 Å². The molecule has 4 bridgehead atoms. The average molecular weight is 399 g/mol. The van der Waals surface area contributed by atoms with Crippen molar-refractivity contribution in [1.82, 2.24) is 4.90 Å². The van der Waals surface area contributed by atoms with Crippen LogP contribution in [0.4, 0.5) is 4.79 Å². The summed E-state index contributed by atoms with van der Waals surface area (Å²) in [5.74, 6) is 1.06. The molecule has 5 rings (SSSR count). The van der Waals surface area contributed by atoms with E-state index in [0.717, 1.165) is 18.7 Å². The maximum atomic E-state index is 12.4. The highest BCUT2D eigenvalue weighted by Gasteiger charge is 2.57. The van der Waals surface area contributed by atoms with E-state index < -0.39 is 0 Å². The third kappa shape index (κ3) is 2.34. The summed E-state index contributed by atoms with van der Waals surface area (Å²) in [4.78, 5) is 14.4. The molecule has 5 heteroatoms. The Bertz CT molecular complexity index is 538. The Morgan fingerprint density at radius 3 is 2.95 bits per heavy atom. The minimum absolute atomic E-state index is 0.183.